The number of aliphatic hydroxyl groups is 1. The number of carbonyl (C=O) groups excluding carboxylic acids is 1. The second-order valence-corrected chi connectivity index (χ2v) is 5.01. The molecule has 0 aliphatic carbocycles. The monoisotopic (exact) mass is 248 g/mol. The molecule has 1 saturated heterocycles. The maximum atomic E-state index is 12.0. The van der Waals surface area contributed by atoms with E-state index < -0.39 is 0 Å². The van der Waals surface area contributed by atoms with E-state index >= 15 is 0 Å². The molecular formula is C14H20N2O2. The fraction of sp³-hybridized carbons (Fsp3) is 0.500. The fourth-order valence-electron chi connectivity index (χ4n) is 2.49. The molecule has 1 aliphatic heterocycles. The van der Waals surface area contributed by atoms with E-state index in [1.807, 2.05) is 30.3 Å². The Balaban J connectivity index is 2.28. The lowest BCUT2D eigenvalue weighted by atomic mass is 9.99. The smallest absolute Gasteiger partial charge is 0.318 e. The van der Waals surface area contributed by atoms with Gasteiger partial charge in [0.2, 0.25) is 0 Å². The summed E-state index contributed by atoms with van der Waals surface area (Å²) in [4.78, 5) is 13.7. The summed E-state index contributed by atoms with van der Waals surface area (Å²) in [5, 5.41) is 12.5. The van der Waals surface area contributed by atoms with E-state index in [9.17, 15) is 9.90 Å². The number of amides is 2. The second-order valence-electron chi connectivity index (χ2n) is 5.01. The largest absolute Gasteiger partial charge is 0.394 e. The molecule has 2 amide bonds. The van der Waals surface area contributed by atoms with Crippen LogP contribution in [0.4, 0.5) is 4.79 Å². The molecule has 0 bridgehead atoms. The third kappa shape index (κ3) is 2.34. The van der Waals surface area contributed by atoms with Crippen LogP contribution in [0.25, 0.3) is 0 Å². The zero-order valence-electron chi connectivity index (χ0n) is 10.8. The molecule has 2 atom stereocenters. The third-order valence-electron chi connectivity index (χ3n) is 3.52. The van der Waals surface area contributed by atoms with E-state index in [0.717, 1.165) is 5.56 Å². The molecule has 1 aliphatic rings. The number of nitrogens with one attached hydrogen (secondary N) is 1. The highest BCUT2D eigenvalue weighted by molar-refractivity contribution is 5.77. The highest BCUT2D eigenvalue weighted by atomic mass is 16.3. The van der Waals surface area contributed by atoms with Crippen molar-refractivity contribution >= 4 is 6.03 Å². The molecule has 0 saturated carbocycles. The Morgan fingerprint density at radius 3 is 2.61 bits per heavy atom. The predicted molar refractivity (Wildman–Crippen MR) is 70.1 cm³/mol. The summed E-state index contributed by atoms with van der Waals surface area (Å²) >= 11 is 0. The second kappa shape index (κ2) is 5.40. The van der Waals surface area contributed by atoms with E-state index in [1.165, 1.54) is 0 Å². The van der Waals surface area contributed by atoms with E-state index in [2.05, 4.69) is 19.2 Å². The Bertz CT molecular complexity index is 406. The van der Waals surface area contributed by atoms with Gasteiger partial charge in [0.15, 0.2) is 0 Å². The SMILES string of the molecule is CC(C)[C@@H]1CNC(=O)N1[C@@H](CO)c1ccccc1. The van der Waals surface area contributed by atoms with Crippen molar-refractivity contribution in [1.82, 2.24) is 10.2 Å². The summed E-state index contributed by atoms with van der Waals surface area (Å²) in [5.41, 5.74) is 0.975. The molecule has 18 heavy (non-hydrogen) atoms. The van der Waals surface area contributed by atoms with E-state index in [1.54, 1.807) is 4.90 Å². The Morgan fingerprint density at radius 1 is 1.39 bits per heavy atom. The number of carbonyl (C=O) groups is 1. The molecule has 0 aromatic heterocycles. The normalized spacial score (nSPS) is 21.2. The van der Waals surface area contributed by atoms with Gasteiger partial charge >= 0.3 is 6.03 Å². The van der Waals surface area contributed by atoms with Gasteiger partial charge in [0.25, 0.3) is 0 Å². The van der Waals surface area contributed by atoms with Crippen molar-refractivity contribution in [3.05, 3.63) is 35.9 Å². The van der Waals surface area contributed by atoms with Crippen LogP contribution >= 0.6 is 0 Å². The summed E-state index contributed by atoms with van der Waals surface area (Å²) in [6, 6.07) is 9.47. The van der Waals surface area contributed by atoms with Crippen LogP contribution in [0.15, 0.2) is 30.3 Å². The minimum atomic E-state index is -0.263. The first-order valence-electron chi connectivity index (χ1n) is 6.37. The Hall–Kier alpha value is -1.55. The molecule has 1 heterocycles. The van der Waals surface area contributed by atoms with Crippen molar-refractivity contribution in [2.24, 2.45) is 5.92 Å². The lowest BCUT2D eigenvalue weighted by Gasteiger charge is -2.33. The van der Waals surface area contributed by atoms with Gasteiger partial charge in [-0.25, -0.2) is 4.79 Å². The average Bonchev–Trinajstić information content (AvgIpc) is 2.74. The molecular weight excluding hydrogens is 228 g/mol. The summed E-state index contributed by atoms with van der Waals surface area (Å²) < 4.78 is 0. The van der Waals surface area contributed by atoms with Crippen LogP contribution in [-0.4, -0.2) is 35.2 Å². The number of nitrogens with zero attached hydrogens (tertiary/aromatic N) is 1. The number of hydrogen-bond donors (Lipinski definition) is 2. The van der Waals surface area contributed by atoms with Crippen LogP contribution in [-0.2, 0) is 0 Å². The first kappa shape index (κ1) is 12.9. The quantitative estimate of drug-likeness (QED) is 0.853. The fourth-order valence-corrected chi connectivity index (χ4v) is 2.49. The molecule has 0 unspecified atom stereocenters. The summed E-state index contributed by atoms with van der Waals surface area (Å²) in [6.07, 6.45) is 0. The van der Waals surface area contributed by atoms with Gasteiger partial charge in [0.1, 0.15) is 0 Å². The van der Waals surface area contributed by atoms with Crippen LogP contribution < -0.4 is 5.32 Å². The molecule has 4 nitrogen and oxygen atoms in total. The van der Waals surface area contributed by atoms with Crippen LogP contribution in [0.1, 0.15) is 25.5 Å². The number of hydrogen-bond acceptors (Lipinski definition) is 2. The molecule has 4 heteroatoms. The van der Waals surface area contributed by atoms with Gasteiger partial charge in [-0.2, -0.15) is 0 Å². The number of rotatable bonds is 4. The Kier molecular flexibility index (Phi) is 3.87. The first-order chi connectivity index (χ1) is 8.65. The lowest BCUT2D eigenvalue weighted by Crippen LogP contribution is -2.41. The number of benzene rings is 1. The zero-order valence-corrected chi connectivity index (χ0v) is 10.8. The standard InChI is InChI=1S/C14H20N2O2/c1-10(2)12-8-15-14(18)16(12)13(9-17)11-6-4-3-5-7-11/h3-7,10,12-13,17H,8-9H2,1-2H3,(H,15,18)/t12-,13-/m0/s1. The summed E-state index contributed by atoms with van der Waals surface area (Å²) in [5.74, 6) is 0.363. The van der Waals surface area contributed by atoms with E-state index in [4.69, 9.17) is 0 Å². The summed E-state index contributed by atoms with van der Waals surface area (Å²) in [6.45, 7) is 4.79. The molecule has 0 spiro atoms. The highest BCUT2D eigenvalue weighted by Crippen LogP contribution is 2.28. The third-order valence-corrected chi connectivity index (χ3v) is 3.52. The molecule has 1 aromatic carbocycles. The van der Waals surface area contributed by atoms with Crippen LogP contribution in [0.3, 0.4) is 0 Å². The molecule has 1 aromatic rings. The molecule has 1 fully saturated rings. The van der Waals surface area contributed by atoms with Gasteiger partial charge in [0, 0.05) is 6.54 Å². The Labute approximate surface area is 108 Å². The van der Waals surface area contributed by atoms with Crippen molar-refractivity contribution in [2.45, 2.75) is 25.9 Å². The van der Waals surface area contributed by atoms with Crippen molar-refractivity contribution in [2.75, 3.05) is 13.2 Å². The van der Waals surface area contributed by atoms with Crippen molar-refractivity contribution in [1.29, 1.82) is 0 Å². The zero-order chi connectivity index (χ0) is 13.1. The minimum absolute atomic E-state index is 0.0549. The van der Waals surface area contributed by atoms with Crippen molar-refractivity contribution < 1.29 is 9.90 Å². The lowest BCUT2D eigenvalue weighted by molar-refractivity contribution is 0.114. The van der Waals surface area contributed by atoms with Gasteiger partial charge in [-0.05, 0) is 11.5 Å². The molecule has 2 N–H and O–H groups in total. The van der Waals surface area contributed by atoms with Gasteiger partial charge in [-0.1, -0.05) is 44.2 Å². The first-order valence-corrected chi connectivity index (χ1v) is 6.37. The van der Waals surface area contributed by atoms with Gasteiger partial charge in [0.05, 0.1) is 18.7 Å². The van der Waals surface area contributed by atoms with Gasteiger partial charge in [-0.3, -0.25) is 0 Å². The van der Waals surface area contributed by atoms with Crippen LogP contribution in [0, 0.1) is 5.92 Å². The van der Waals surface area contributed by atoms with Gasteiger partial charge in [-0.15, -0.1) is 0 Å². The Morgan fingerprint density at radius 2 is 2.06 bits per heavy atom. The maximum Gasteiger partial charge on any atom is 0.318 e. The van der Waals surface area contributed by atoms with Crippen molar-refractivity contribution in [3.63, 3.8) is 0 Å². The average molecular weight is 248 g/mol. The molecule has 2 rings (SSSR count). The van der Waals surface area contributed by atoms with Crippen LogP contribution in [0.2, 0.25) is 0 Å². The molecule has 98 valence electrons. The van der Waals surface area contributed by atoms with E-state index in [-0.39, 0.29) is 24.7 Å². The molecule has 0 radical (unpaired) electrons. The topological polar surface area (TPSA) is 52.6 Å². The predicted octanol–water partition coefficient (Wildman–Crippen LogP) is 1.77. The summed E-state index contributed by atoms with van der Waals surface area (Å²) in [7, 11) is 0. The maximum absolute atomic E-state index is 12.0. The van der Waals surface area contributed by atoms with Gasteiger partial charge < -0.3 is 15.3 Å². The minimum Gasteiger partial charge on any atom is -0.394 e. The highest BCUT2D eigenvalue weighted by Gasteiger charge is 2.37. The van der Waals surface area contributed by atoms with Crippen molar-refractivity contribution in [3.8, 4) is 0 Å². The van der Waals surface area contributed by atoms with Crippen LogP contribution in [0.5, 0.6) is 0 Å². The number of urea groups is 1. The number of aliphatic hydroxyl groups excluding tert-OH is 1. The van der Waals surface area contributed by atoms with E-state index in [0.29, 0.717) is 12.5 Å².